The molecule has 1 fully saturated rings. The van der Waals surface area contributed by atoms with Crippen LogP contribution in [0, 0.1) is 0 Å². The lowest BCUT2D eigenvalue weighted by Crippen LogP contribution is -2.40. The van der Waals surface area contributed by atoms with Crippen molar-refractivity contribution in [1.29, 1.82) is 0 Å². The Labute approximate surface area is 99.6 Å². The Hall–Kier alpha value is -1.81. The number of benzene rings is 1. The van der Waals surface area contributed by atoms with E-state index >= 15 is 0 Å². The van der Waals surface area contributed by atoms with E-state index in [0.717, 1.165) is 30.1 Å². The van der Waals surface area contributed by atoms with Gasteiger partial charge in [0.05, 0.1) is 18.4 Å². The van der Waals surface area contributed by atoms with Crippen molar-refractivity contribution in [2.24, 2.45) is 0 Å². The van der Waals surface area contributed by atoms with Crippen LogP contribution in [-0.2, 0) is 0 Å². The third-order valence-electron chi connectivity index (χ3n) is 3.06. The average molecular weight is 230 g/mol. The molecule has 0 saturated carbocycles. The molecule has 0 radical (unpaired) electrons. The summed E-state index contributed by atoms with van der Waals surface area (Å²) in [7, 11) is 1.65. The minimum Gasteiger partial charge on any atom is -0.496 e. The number of para-hydroxylation sites is 1. The molecule has 4 nitrogen and oxygen atoms in total. The molecule has 1 saturated heterocycles. The van der Waals surface area contributed by atoms with Crippen molar-refractivity contribution in [2.45, 2.75) is 5.92 Å². The lowest BCUT2D eigenvalue weighted by Gasteiger charge is -2.24. The molecule has 1 aliphatic rings. The van der Waals surface area contributed by atoms with E-state index in [9.17, 15) is 0 Å². The summed E-state index contributed by atoms with van der Waals surface area (Å²) >= 11 is 0. The predicted molar refractivity (Wildman–Crippen MR) is 64.1 cm³/mol. The highest BCUT2D eigenvalue weighted by atomic mass is 16.5. The van der Waals surface area contributed by atoms with Crippen molar-refractivity contribution < 1.29 is 9.15 Å². The molecule has 0 bridgehead atoms. The number of hydrogen-bond acceptors (Lipinski definition) is 4. The van der Waals surface area contributed by atoms with Gasteiger partial charge in [0, 0.05) is 19.0 Å². The Bertz CT molecular complexity index is 518. The van der Waals surface area contributed by atoms with Crippen LogP contribution >= 0.6 is 0 Å². The van der Waals surface area contributed by atoms with Gasteiger partial charge in [-0.2, -0.15) is 0 Å². The molecule has 3 rings (SSSR count). The largest absolute Gasteiger partial charge is 0.496 e. The number of hydrogen-bond donors (Lipinski definition) is 1. The maximum absolute atomic E-state index is 5.53. The summed E-state index contributed by atoms with van der Waals surface area (Å²) in [6.07, 6.45) is 1.74. The van der Waals surface area contributed by atoms with Gasteiger partial charge in [-0.25, -0.2) is 4.98 Å². The van der Waals surface area contributed by atoms with Gasteiger partial charge in [0.1, 0.15) is 12.0 Å². The first-order valence-electron chi connectivity index (χ1n) is 5.68. The van der Waals surface area contributed by atoms with Crippen LogP contribution in [0.1, 0.15) is 11.6 Å². The summed E-state index contributed by atoms with van der Waals surface area (Å²) in [5.41, 5.74) is 1.91. The Balaban J connectivity index is 1.94. The highest BCUT2D eigenvalue weighted by Crippen LogP contribution is 2.30. The zero-order chi connectivity index (χ0) is 11.7. The summed E-state index contributed by atoms with van der Waals surface area (Å²) in [4.78, 5) is 4.52. The maximum atomic E-state index is 5.53. The Morgan fingerprint density at radius 2 is 2.18 bits per heavy atom. The minimum absolute atomic E-state index is 0.488. The third-order valence-corrected chi connectivity index (χ3v) is 3.06. The molecule has 0 atom stereocenters. The van der Waals surface area contributed by atoms with Crippen molar-refractivity contribution in [3.63, 3.8) is 0 Å². The first kappa shape index (κ1) is 10.4. The van der Waals surface area contributed by atoms with Crippen LogP contribution < -0.4 is 10.1 Å². The summed E-state index contributed by atoms with van der Waals surface area (Å²) in [6, 6.07) is 7.74. The predicted octanol–water partition coefficient (Wildman–Crippen LogP) is 2.04. The van der Waals surface area contributed by atoms with Crippen molar-refractivity contribution >= 4 is 0 Å². The lowest BCUT2D eigenvalue weighted by atomic mass is 10.0. The summed E-state index contributed by atoms with van der Waals surface area (Å²) in [5.74, 6) is 1.90. The molecule has 1 aromatic heterocycles. The fourth-order valence-electron chi connectivity index (χ4n) is 1.92. The number of methoxy groups -OCH3 is 1. The van der Waals surface area contributed by atoms with E-state index in [1.807, 2.05) is 24.3 Å². The summed E-state index contributed by atoms with van der Waals surface area (Å²) in [5, 5.41) is 3.22. The summed E-state index contributed by atoms with van der Waals surface area (Å²) < 4.78 is 10.8. The number of rotatable bonds is 3. The second kappa shape index (κ2) is 4.22. The van der Waals surface area contributed by atoms with Gasteiger partial charge < -0.3 is 14.5 Å². The molecule has 4 heteroatoms. The van der Waals surface area contributed by atoms with Crippen LogP contribution in [0.15, 0.2) is 34.9 Å². The lowest BCUT2D eigenvalue weighted by molar-refractivity contribution is 0.414. The zero-order valence-corrected chi connectivity index (χ0v) is 9.64. The number of nitrogens with zero attached hydrogens (tertiary/aromatic N) is 1. The molecular formula is C13H14N2O2. The summed E-state index contributed by atoms with van der Waals surface area (Å²) in [6.45, 7) is 1.97. The number of ether oxygens (including phenoxy) is 1. The highest BCUT2D eigenvalue weighted by Gasteiger charge is 2.23. The normalized spacial score (nSPS) is 15.6. The highest BCUT2D eigenvalue weighted by molar-refractivity contribution is 5.62. The SMILES string of the molecule is COc1ccccc1-c1nc(C2CNC2)co1. The van der Waals surface area contributed by atoms with Gasteiger partial charge in [-0.1, -0.05) is 12.1 Å². The van der Waals surface area contributed by atoms with E-state index in [0.29, 0.717) is 11.8 Å². The van der Waals surface area contributed by atoms with Crippen molar-refractivity contribution in [3.05, 3.63) is 36.2 Å². The molecule has 0 amide bonds. The van der Waals surface area contributed by atoms with E-state index in [1.54, 1.807) is 13.4 Å². The van der Waals surface area contributed by atoms with Crippen LogP contribution in [0.3, 0.4) is 0 Å². The molecule has 0 spiro atoms. The maximum Gasteiger partial charge on any atom is 0.229 e. The Kier molecular flexibility index (Phi) is 2.57. The van der Waals surface area contributed by atoms with Crippen LogP contribution in [0.25, 0.3) is 11.5 Å². The molecule has 1 N–H and O–H groups in total. The zero-order valence-electron chi connectivity index (χ0n) is 9.64. The van der Waals surface area contributed by atoms with Crippen LogP contribution in [-0.4, -0.2) is 25.2 Å². The van der Waals surface area contributed by atoms with Crippen molar-refractivity contribution in [2.75, 3.05) is 20.2 Å². The fourth-order valence-corrected chi connectivity index (χ4v) is 1.92. The van der Waals surface area contributed by atoms with Crippen LogP contribution in [0.2, 0.25) is 0 Å². The quantitative estimate of drug-likeness (QED) is 0.876. The molecule has 17 heavy (non-hydrogen) atoms. The van der Waals surface area contributed by atoms with E-state index in [2.05, 4.69) is 10.3 Å². The van der Waals surface area contributed by atoms with Crippen LogP contribution in [0.4, 0.5) is 0 Å². The molecule has 1 aromatic carbocycles. The molecule has 0 aliphatic carbocycles. The first-order chi connectivity index (χ1) is 8.38. The van der Waals surface area contributed by atoms with E-state index < -0.39 is 0 Å². The topological polar surface area (TPSA) is 47.3 Å². The molecule has 2 heterocycles. The van der Waals surface area contributed by atoms with Gasteiger partial charge in [0.25, 0.3) is 0 Å². The Morgan fingerprint density at radius 3 is 2.88 bits per heavy atom. The number of nitrogens with one attached hydrogen (secondary N) is 1. The fraction of sp³-hybridized carbons (Fsp3) is 0.308. The van der Waals surface area contributed by atoms with Gasteiger partial charge in [-0.3, -0.25) is 0 Å². The smallest absolute Gasteiger partial charge is 0.229 e. The van der Waals surface area contributed by atoms with E-state index in [1.165, 1.54) is 0 Å². The minimum atomic E-state index is 0.488. The first-order valence-corrected chi connectivity index (χ1v) is 5.68. The number of oxazole rings is 1. The third kappa shape index (κ3) is 1.80. The van der Waals surface area contributed by atoms with Crippen LogP contribution in [0.5, 0.6) is 5.75 Å². The molecule has 0 unspecified atom stereocenters. The molecule has 2 aromatic rings. The molecule has 1 aliphatic heterocycles. The Morgan fingerprint density at radius 1 is 1.35 bits per heavy atom. The molecular weight excluding hydrogens is 216 g/mol. The van der Waals surface area contributed by atoms with E-state index in [4.69, 9.17) is 9.15 Å². The van der Waals surface area contributed by atoms with Gasteiger partial charge in [0.2, 0.25) is 5.89 Å². The second-order valence-corrected chi connectivity index (χ2v) is 4.13. The number of aromatic nitrogens is 1. The van der Waals surface area contributed by atoms with Gasteiger partial charge in [-0.05, 0) is 12.1 Å². The van der Waals surface area contributed by atoms with Crippen molar-refractivity contribution in [3.8, 4) is 17.2 Å². The van der Waals surface area contributed by atoms with Crippen molar-refractivity contribution in [1.82, 2.24) is 10.3 Å². The van der Waals surface area contributed by atoms with E-state index in [-0.39, 0.29) is 0 Å². The molecule has 88 valence electrons. The van der Waals surface area contributed by atoms with Gasteiger partial charge >= 0.3 is 0 Å². The van der Waals surface area contributed by atoms with Gasteiger partial charge in [-0.15, -0.1) is 0 Å². The second-order valence-electron chi connectivity index (χ2n) is 4.13. The average Bonchev–Trinajstić information content (AvgIpc) is 2.76. The standard InChI is InChI=1S/C13H14N2O2/c1-16-12-5-3-2-4-10(12)13-15-11(8-17-13)9-6-14-7-9/h2-5,8-9,14H,6-7H2,1H3. The van der Waals surface area contributed by atoms with Gasteiger partial charge in [0.15, 0.2) is 0 Å². The monoisotopic (exact) mass is 230 g/mol.